The van der Waals surface area contributed by atoms with Crippen LogP contribution in [0.25, 0.3) is 5.65 Å². The predicted molar refractivity (Wildman–Crippen MR) is 126 cm³/mol. The molecule has 2 heterocycles. The molecule has 2 N–H and O–H groups in total. The maximum Gasteiger partial charge on any atom is 0.191 e. The number of fused-ring (bicyclic) bond motifs is 1. The van der Waals surface area contributed by atoms with Crippen molar-refractivity contribution in [1.82, 2.24) is 20.0 Å². The molecule has 28 heavy (non-hydrogen) atoms. The monoisotopic (exact) mass is 499 g/mol. The third kappa shape index (κ3) is 7.58. The van der Waals surface area contributed by atoms with E-state index in [9.17, 15) is 0 Å². The molecule has 0 aromatic carbocycles. The van der Waals surface area contributed by atoms with E-state index in [0.717, 1.165) is 36.8 Å². The lowest BCUT2D eigenvalue weighted by molar-refractivity contribution is 0.0487. The highest BCUT2D eigenvalue weighted by atomic mass is 127. The van der Waals surface area contributed by atoms with Crippen molar-refractivity contribution in [3.8, 4) is 0 Å². The first-order chi connectivity index (χ1) is 13.3. The maximum absolute atomic E-state index is 6.02. The summed E-state index contributed by atoms with van der Waals surface area (Å²) in [6.45, 7) is 5.14. The number of aliphatic imine (C=N–C) groups is 1. The van der Waals surface area contributed by atoms with Crippen LogP contribution in [0, 0.1) is 0 Å². The fourth-order valence-corrected chi connectivity index (χ4v) is 3.54. The van der Waals surface area contributed by atoms with Crippen LogP contribution in [0.15, 0.2) is 35.6 Å². The number of imidazole rings is 1. The normalized spacial score (nSPS) is 15.8. The standard InChI is InChI=1S/C21H33N5O.HI/c1-2-22-21(24-14-16-27-19-9-5-3-4-6-10-19)23-13-12-18-17-26-15-8-7-11-20(26)25-18;/h7-8,11,15,17,19H,2-6,9-10,12-14,16H2,1H3,(H2,22,23,24);1H. The molecule has 0 amide bonds. The fraction of sp³-hybridized carbons (Fsp3) is 0.619. The van der Waals surface area contributed by atoms with Gasteiger partial charge in [0.2, 0.25) is 0 Å². The largest absolute Gasteiger partial charge is 0.376 e. The fourth-order valence-electron chi connectivity index (χ4n) is 3.54. The molecule has 2 aromatic rings. The maximum atomic E-state index is 6.02. The van der Waals surface area contributed by atoms with E-state index in [-0.39, 0.29) is 24.0 Å². The molecule has 0 atom stereocenters. The average Bonchev–Trinajstić information content (AvgIpc) is 2.91. The number of ether oxygens (including phenoxy) is 1. The van der Waals surface area contributed by atoms with Gasteiger partial charge in [0.1, 0.15) is 5.65 Å². The highest BCUT2D eigenvalue weighted by molar-refractivity contribution is 14.0. The third-order valence-electron chi connectivity index (χ3n) is 4.95. The molecule has 0 bridgehead atoms. The Morgan fingerprint density at radius 2 is 2.04 bits per heavy atom. The van der Waals surface area contributed by atoms with Gasteiger partial charge in [-0.05, 0) is 31.9 Å². The van der Waals surface area contributed by atoms with Gasteiger partial charge in [-0.2, -0.15) is 0 Å². The molecule has 3 rings (SSSR count). The van der Waals surface area contributed by atoms with Gasteiger partial charge in [-0.25, -0.2) is 4.98 Å². The van der Waals surface area contributed by atoms with E-state index >= 15 is 0 Å². The number of hydrogen-bond acceptors (Lipinski definition) is 3. The molecule has 2 aromatic heterocycles. The first-order valence-corrected chi connectivity index (χ1v) is 10.4. The van der Waals surface area contributed by atoms with Crippen molar-refractivity contribution in [3.05, 3.63) is 36.3 Å². The molecular formula is C21H34IN5O. The summed E-state index contributed by atoms with van der Waals surface area (Å²) in [5.41, 5.74) is 2.07. The molecule has 156 valence electrons. The minimum Gasteiger partial charge on any atom is -0.376 e. The Hall–Kier alpha value is -1.35. The third-order valence-corrected chi connectivity index (χ3v) is 4.95. The highest BCUT2D eigenvalue weighted by Gasteiger charge is 2.12. The minimum absolute atomic E-state index is 0. The summed E-state index contributed by atoms with van der Waals surface area (Å²) in [4.78, 5) is 9.27. The Balaban J connectivity index is 0.00000280. The van der Waals surface area contributed by atoms with Crippen LogP contribution < -0.4 is 10.6 Å². The second-order valence-electron chi connectivity index (χ2n) is 7.12. The van der Waals surface area contributed by atoms with Crippen LogP contribution in [-0.2, 0) is 11.2 Å². The zero-order chi connectivity index (χ0) is 18.7. The number of aromatic nitrogens is 2. The van der Waals surface area contributed by atoms with E-state index in [2.05, 4.69) is 38.1 Å². The Bertz CT molecular complexity index is 677. The summed E-state index contributed by atoms with van der Waals surface area (Å²) >= 11 is 0. The Labute approximate surface area is 185 Å². The lowest BCUT2D eigenvalue weighted by atomic mass is 10.1. The summed E-state index contributed by atoms with van der Waals surface area (Å²) in [6.07, 6.45) is 13.2. The molecule has 1 fully saturated rings. The second kappa shape index (κ2) is 13.0. The van der Waals surface area contributed by atoms with Gasteiger partial charge in [-0.1, -0.05) is 31.7 Å². The van der Waals surface area contributed by atoms with E-state index in [1.165, 1.54) is 38.5 Å². The Morgan fingerprint density at radius 1 is 1.21 bits per heavy atom. The molecule has 0 spiro atoms. The summed E-state index contributed by atoms with van der Waals surface area (Å²) in [7, 11) is 0. The van der Waals surface area contributed by atoms with Crippen LogP contribution in [0.3, 0.4) is 0 Å². The number of rotatable bonds is 8. The van der Waals surface area contributed by atoms with Crippen LogP contribution in [0.5, 0.6) is 0 Å². The molecule has 1 aliphatic rings. The molecular weight excluding hydrogens is 465 g/mol. The van der Waals surface area contributed by atoms with Crippen molar-refractivity contribution >= 4 is 35.6 Å². The van der Waals surface area contributed by atoms with Crippen LogP contribution in [0.2, 0.25) is 0 Å². The van der Waals surface area contributed by atoms with Crippen LogP contribution in [0.1, 0.15) is 51.1 Å². The first-order valence-electron chi connectivity index (χ1n) is 10.4. The molecule has 0 saturated heterocycles. The molecule has 6 nitrogen and oxygen atoms in total. The average molecular weight is 499 g/mol. The number of nitrogens with one attached hydrogen (secondary N) is 2. The number of halogens is 1. The quantitative estimate of drug-likeness (QED) is 0.191. The summed E-state index contributed by atoms with van der Waals surface area (Å²) in [5.74, 6) is 0.853. The Kier molecular flexibility index (Phi) is 10.6. The Morgan fingerprint density at radius 3 is 2.79 bits per heavy atom. The van der Waals surface area contributed by atoms with E-state index in [4.69, 9.17) is 4.74 Å². The summed E-state index contributed by atoms with van der Waals surface area (Å²) in [6, 6.07) is 6.05. The number of guanidine groups is 1. The van der Waals surface area contributed by atoms with E-state index in [0.29, 0.717) is 19.3 Å². The molecule has 7 heteroatoms. The molecule has 0 aliphatic heterocycles. The SMILES string of the molecule is CCNC(=NCCOC1CCCCCC1)NCCc1cn2ccccc2n1.I. The molecule has 1 saturated carbocycles. The van der Waals surface area contributed by atoms with Crippen molar-refractivity contribution in [3.63, 3.8) is 0 Å². The van der Waals surface area contributed by atoms with Gasteiger partial charge < -0.3 is 19.8 Å². The summed E-state index contributed by atoms with van der Waals surface area (Å²) < 4.78 is 8.08. The van der Waals surface area contributed by atoms with Gasteiger partial charge in [0.25, 0.3) is 0 Å². The van der Waals surface area contributed by atoms with Crippen molar-refractivity contribution in [2.24, 2.45) is 4.99 Å². The van der Waals surface area contributed by atoms with E-state index in [1.807, 2.05) is 24.4 Å². The zero-order valence-corrected chi connectivity index (χ0v) is 19.2. The van der Waals surface area contributed by atoms with Crippen molar-refractivity contribution in [2.75, 3.05) is 26.2 Å². The van der Waals surface area contributed by atoms with Gasteiger partial charge in [-0.3, -0.25) is 4.99 Å². The molecule has 0 unspecified atom stereocenters. The minimum atomic E-state index is 0. The van der Waals surface area contributed by atoms with Gasteiger partial charge >= 0.3 is 0 Å². The van der Waals surface area contributed by atoms with Gasteiger partial charge in [-0.15, -0.1) is 24.0 Å². The molecule has 0 radical (unpaired) electrons. The zero-order valence-electron chi connectivity index (χ0n) is 16.9. The lowest BCUT2D eigenvalue weighted by Gasteiger charge is -2.15. The van der Waals surface area contributed by atoms with Crippen molar-refractivity contribution in [1.29, 1.82) is 0 Å². The molecule has 1 aliphatic carbocycles. The van der Waals surface area contributed by atoms with Crippen molar-refractivity contribution < 1.29 is 4.74 Å². The lowest BCUT2D eigenvalue weighted by Crippen LogP contribution is -2.38. The number of pyridine rings is 1. The van der Waals surface area contributed by atoms with E-state index < -0.39 is 0 Å². The number of hydrogen-bond donors (Lipinski definition) is 2. The second-order valence-corrected chi connectivity index (χ2v) is 7.12. The first kappa shape index (κ1) is 22.9. The van der Waals surface area contributed by atoms with Crippen LogP contribution >= 0.6 is 24.0 Å². The van der Waals surface area contributed by atoms with Gasteiger partial charge in [0, 0.05) is 31.9 Å². The van der Waals surface area contributed by atoms with Crippen LogP contribution in [0.4, 0.5) is 0 Å². The predicted octanol–water partition coefficient (Wildman–Crippen LogP) is 3.79. The highest BCUT2D eigenvalue weighted by Crippen LogP contribution is 2.19. The smallest absolute Gasteiger partial charge is 0.191 e. The van der Waals surface area contributed by atoms with Gasteiger partial charge in [0.05, 0.1) is 24.9 Å². The van der Waals surface area contributed by atoms with E-state index in [1.54, 1.807) is 0 Å². The number of nitrogens with zero attached hydrogens (tertiary/aromatic N) is 3. The van der Waals surface area contributed by atoms with Gasteiger partial charge in [0.15, 0.2) is 5.96 Å². The summed E-state index contributed by atoms with van der Waals surface area (Å²) in [5, 5.41) is 6.70. The van der Waals surface area contributed by atoms with Crippen molar-refractivity contribution in [2.45, 2.75) is 58.0 Å². The topological polar surface area (TPSA) is 63.0 Å². The van der Waals surface area contributed by atoms with Crippen LogP contribution in [-0.4, -0.2) is 47.7 Å².